The number of anilines is 3. The third kappa shape index (κ3) is 5.63. The maximum absolute atomic E-state index is 13.7. The molecule has 4 aromatic rings. The number of ketones is 1. The molecule has 1 saturated heterocycles. The summed E-state index contributed by atoms with van der Waals surface area (Å²) in [6, 6.07) is 8.06. The van der Waals surface area contributed by atoms with Gasteiger partial charge < -0.3 is 15.8 Å². The van der Waals surface area contributed by atoms with Gasteiger partial charge in [-0.25, -0.2) is 19.3 Å². The fourth-order valence-corrected chi connectivity index (χ4v) is 5.02. The molecule has 2 fully saturated rings. The lowest BCUT2D eigenvalue weighted by Crippen LogP contribution is -2.36. The van der Waals surface area contributed by atoms with Crippen LogP contribution in [-0.2, 0) is 17.5 Å². The maximum Gasteiger partial charge on any atom is 0.417 e. The molecule has 1 saturated carbocycles. The summed E-state index contributed by atoms with van der Waals surface area (Å²) in [6.07, 6.45) is -0.847. The van der Waals surface area contributed by atoms with Gasteiger partial charge in [-0.15, -0.1) is 0 Å². The fourth-order valence-electron chi connectivity index (χ4n) is 5.02. The van der Waals surface area contributed by atoms with Crippen molar-refractivity contribution in [2.75, 3.05) is 42.7 Å². The zero-order chi connectivity index (χ0) is 29.4. The molecule has 14 heteroatoms. The number of aromatic nitrogens is 4. The molecule has 1 aliphatic heterocycles. The third-order valence-electron chi connectivity index (χ3n) is 7.28. The van der Waals surface area contributed by atoms with Crippen molar-refractivity contribution < 1.29 is 27.5 Å². The molecule has 42 heavy (non-hydrogen) atoms. The fraction of sp³-hybridized carbons (Fsp3) is 0.321. The number of ether oxygens (including phenoxy) is 1. The van der Waals surface area contributed by atoms with E-state index in [1.807, 2.05) is 0 Å². The van der Waals surface area contributed by atoms with Crippen molar-refractivity contribution in [1.82, 2.24) is 24.5 Å². The molecule has 0 atom stereocenters. The molecule has 218 valence electrons. The molecule has 1 aromatic carbocycles. The summed E-state index contributed by atoms with van der Waals surface area (Å²) in [5.74, 6) is 0.193. The molecule has 0 radical (unpaired) electrons. The SMILES string of the molecule is Nc1ncnn2c(CN3CCOCC3)c(C(=O)C3CC3)c(-c3ccc(NC(=O)Nc4ccc(C(F)(F)F)cn4)cc3)c12. The Kier molecular flexibility index (Phi) is 7.24. The van der Waals surface area contributed by atoms with E-state index in [1.54, 1.807) is 28.8 Å². The number of nitrogen functional groups attached to an aromatic ring is 1. The smallest absolute Gasteiger partial charge is 0.382 e. The Morgan fingerprint density at radius 2 is 1.76 bits per heavy atom. The number of nitrogens with two attached hydrogens (primary N) is 1. The van der Waals surface area contributed by atoms with Gasteiger partial charge in [0, 0.05) is 43.0 Å². The number of urea groups is 1. The van der Waals surface area contributed by atoms with Gasteiger partial charge in [0.1, 0.15) is 17.7 Å². The number of hydrogen-bond acceptors (Lipinski definition) is 8. The number of alkyl halides is 3. The first-order valence-electron chi connectivity index (χ1n) is 13.4. The van der Waals surface area contributed by atoms with Crippen LogP contribution in [0.4, 0.5) is 35.3 Å². The van der Waals surface area contributed by atoms with Crippen molar-refractivity contribution in [3.05, 3.63) is 65.7 Å². The van der Waals surface area contributed by atoms with Crippen molar-refractivity contribution in [3.8, 4) is 11.1 Å². The Balaban J connectivity index is 1.29. The van der Waals surface area contributed by atoms with Crippen molar-refractivity contribution in [2.45, 2.75) is 25.6 Å². The van der Waals surface area contributed by atoms with Crippen LogP contribution in [0.5, 0.6) is 0 Å². The zero-order valence-corrected chi connectivity index (χ0v) is 22.3. The Labute approximate surface area is 237 Å². The first-order chi connectivity index (χ1) is 20.2. The summed E-state index contributed by atoms with van der Waals surface area (Å²) in [5, 5.41) is 9.52. The summed E-state index contributed by atoms with van der Waals surface area (Å²) >= 11 is 0. The van der Waals surface area contributed by atoms with E-state index in [9.17, 15) is 22.8 Å². The number of nitrogens with one attached hydrogen (secondary N) is 2. The number of amides is 2. The number of halogens is 3. The number of morpholine rings is 1. The molecular formula is C28H27F3N8O3. The first-order valence-corrected chi connectivity index (χ1v) is 13.4. The van der Waals surface area contributed by atoms with Crippen molar-refractivity contribution >= 4 is 34.7 Å². The van der Waals surface area contributed by atoms with Gasteiger partial charge >= 0.3 is 12.2 Å². The average molecular weight is 581 g/mol. The Morgan fingerprint density at radius 1 is 1.02 bits per heavy atom. The summed E-state index contributed by atoms with van der Waals surface area (Å²) < 4.78 is 45.5. The Bertz CT molecular complexity index is 1630. The van der Waals surface area contributed by atoms with E-state index >= 15 is 0 Å². The number of fused-ring (bicyclic) bond motifs is 1. The number of benzene rings is 1. The van der Waals surface area contributed by atoms with Crippen LogP contribution in [0.25, 0.3) is 16.6 Å². The highest BCUT2D eigenvalue weighted by atomic mass is 19.4. The van der Waals surface area contributed by atoms with E-state index in [2.05, 4.69) is 30.6 Å². The number of hydrogen-bond donors (Lipinski definition) is 3. The van der Waals surface area contributed by atoms with Crippen LogP contribution in [0.3, 0.4) is 0 Å². The van der Waals surface area contributed by atoms with E-state index in [0.717, 1.165) is 43.8 Å². The second-order valence-corrected chi connectivity index (χ2v) is 10.2. The summed E-state index contributed by atoms with van der Waals surface area (Å²) in [6.45, 7) is 3.16. The van der Waals surface area contributed by atoms with Gasteiger partial charge in [-0.2, -0.15) is 18.3 Å². The number of pyridine rings is 1. The van der Waals surface area contributed by atoms with Crippen LogP contribution in [0.2, 0.25) is 0 Å². The van der Waals surface area contributed by atoms with Gasteiger partial charge in [-0.05, 0) is 42.7 Å². The van der Waals surface area contributed by atoms with Crippen molar-refractivity contribution in [3.63, 3.8) is 0 Å². The molecule has 11 nitrogen and oxygen atoms in total. The third-order valence-corrected chi connectivity index (χ3v) is 7.28. The van der Waals surface area contributed by atoms with Crippen molar-refractivity contribution in [2.24, 2.45) is 5.92 Å². The van der Waals surface area contributed by atoms with E-state index in [0.29, 0.717) is 53.8 Å². The molecule has 1 aliphatic carbocycles. The summed E-state index contributed by atoms with van der Waals surface area (Å²) in [4.78, 5) is 36.3. The van der Waals surface area contributed by atoms with Gasteiger partial charge in [-0.1, -0.05) is 12.1 Å². The predicted octanol–water partition coefficient (Wildman–Crippen LogP) is 4.46. The van der Waals surface area contributed by atoms with E-state index in [1.165, 1.54) is 6.33 Å². The molecule has 2 aliphatic rings. The molecular weight excluding hydrogens is 553 g/mol. The minimum atomic E-state index is -4.52. The lowest BCUT2D eigenvalue weighted by atomic mass is 9.95. The highest BCUT2D eigenvalue weighted by Crippen LogP contribution is 2.42. The monoisotopic (exact) mass is 580 g/mol. The lowest BCUT2D eigenvalue weighted by Gasteiger charge is -2.26. The highest BCUT2D eigenvalue weighted by molar-refractivity contribution is 6.11. The first kappa shape index (κ1) is 27.6. The molecule has 0 unspecified atom stereocenters. The topological polar surface area (TPSA) is 140 Å². The quantitative estimate of drug-likeness (QED) is 0.272. The number of nitrogens with zero attached hydrogens (tertiary/aromatic N) is 5. The zero-order valence-electron chi connectivity index (χ0n) is 22.3. The summed E-state index contributed by atoms with van der Waals surface area (Å²) in [7, 11) is 0. The molecule has 2 amide bonds. The maximum atomic E-state index is 13.7. The second kappa shape index (κ2) is 11.0. The molecule has 3 aromatic heterocycles. The molecule has 4 heterocycles. The van der Waals surface area contributed by atoms with Gasteiger partial charge in [-0.3, -0.25) is 15.0 Å². The largest absolute Gasteiger partial charge is 0.417 e. The van der Waals surface area contributed by atoms with Crippen LogP contribution in [-0.4, -0.2) is 62.6 Å². The number of carbonyl (C=O) groups is 2. The van der Waals surface area contributed by atoms with Crippen LogP contribution in [0, 0.1) is 5.92 Å². The van der Waals surface area contributed by atoms with Gasteiger partial charge in [0.2, 0.25) is 0 Å². The predicted molar refractivity (Wildman–Crippen MR) is 148 cm³/mol. The Hall–Kier alpha value is -4.56. The van der Waals surface area contributed by atoms with Crippen molar-refractivity contribution in [1.29, 1.82) is 0 Å². The van der Waals surface area contributed by atoms with E-state index < -0.39 is 17.8 Å². The summed E-state index contributed by atoms with van der Waals surface area (Å²) in [5.41, 5.74) is 9.05. The van der Waals surface area contributed by atoms with Crippen LogP contribution < -0.4 is 16.4 Å². The van der Waals surface area contributed by atoms with Gasteiger partial charge in [0.25, 0.3) is 0 Å². The molecule has 0 bridgehead atoms. The molecule has 4 N–H and O–H groups in total. The van der Waals surface area contributed by atoms with Crippen LogP contribution in [0.15, 0.2) is 48.9 Å². The highest BCUT2D eigenvalue weighted by Gasteiger charge is 2.37. The average Bonchev–Trinajstić information content (AvgIpc) is 3.77. The normalized spacial score (nSPS) is 16.0. The standard InChI is InChI=1S/C28H27F3N8O3/c29-28(30,31)18-5-8-21(33-13-18)37-27(41)36-19-6-3-16(4-7-19)22-23(25(40)17-1-2-17)20(14-38-9-11-42-12-10-38)39-24(22)26(32)34-15-35-39/h3-8,13,15,17H,1-2,9-12,14H2,(H2,32,34,35)(H2,33,36,37,41). The Morgan fingerprint density at radius 3 is 2.40 bits per heavy atom. The van der Waals surface area contributed by atoms with E-state index in [4.69, 9.17) is 10.5 Å². The van der Waals surface area contributed by atoms with Gasteiger partial charge in [0.15, 0.2) is 11.6 Å². The van der Waals surface area contributed by atoms with Gasteiger partial charge in [0.05, 0.1) is 30.0 Å². The minimum absolute atomic E-state index is 0.0381. The second-order valence-electron chi connectivity index (χ2n) is 10.2. The van der Waals surface area contributed by atoms with Crippen LogP contribution >= 0.6 is 0 Å². The number of Topliss-reactive ketones (excluding diaryl/α,β-unsaturated/α-hetero) is 1. The molecule has 6 rings (SSSR count). The number of rotatable bonds is 7. The number of carbonyl (C=O) groups excluding carboxylic acids is 2. The van der Waals surface area contributed by atoms with E-state index in [-0.39, 0.29) is 23.3 Å². The lowest BCUT2D eigenvalue weighted by molar-refractivity contribution is -0.137. The van der Waals surface area contributed by atoms with Crippen LogP contribution in [0.1, 0.15) is 34.5 Å². The molecule has 0 spiro atoms. The minimum Gasteiger partial charge on any atom is -0.382 e.